The van der Waals surface area contributed by atoms with E-state index in [0.29, 0.717) is 96.1 Å². The Bertz CT molecular complexity index is 3100. The van der Waals surface area contributed by atoms with Crippen molar-refractivity contribution < 1.29 is 51.0 Å². The fourth-order valence-electron chi connectivity index (χ4n) is 11.1. The molecule has 1 aromatic heterocycles. The Kier molecular flexibility index (Phi) is 13.0. The number of halogens is 4. The first-order valence-electron chi connectivity index (χ1n) is 25.0. The molecule has 12 rings (SSSR count). The second-order valence-corrected chi connectivity index (χ2v) is 20.0. The zero-order valence-corrected chi connectivity index (χ0v) is 40.2. The highest BCUT2D eigenvalue weighted by molar-refractivity contribution is 6.17. The number of nitrogens with one attached hydrogen (secondary N) is 3. The van der Waals surface area contributed by atoms with Crippen LogP contribution in [0.3, 0.4) is 0 Å². The number of hydrogen-bond acceptors (Lipinski definition) is 11. The number of carbonyl (C=O) groups excluding carboxylic acids is 5. The van der Waals surface area contributed by atoms with E-state index in [4.69, 9.17) is 4.74 Å². The van der Waals surface area contributed by atoms with Crippen LogP contribution in [0.5, 0.6) is 17.2 Å². The van der Waals surface area contributed by atoms with Crippen molar-refractivity contribution in [1.82, 2.24) is 25.0 Å². The number of piperazine rings is 1. The Labute approximate surface area is 423 Å². The van der Waals surface area contributed by atoms with Crippen LogP contribution in [0.2, 0.25) is 0 Å². The number of alkyl halides is 3. The molecule has 1 aliphatic carbocycles. The minimum absolute atomic E-state index is 0.197. The quantitative estimate of drug-likeness (QED) is 0.0461. The van der Waals surface area contributed by atoms with Gasteiger partial charge in [-0.1, -0.05) is 17.9 Å². The van der Waals surface area contributed by atoms with Crippen molar-refractivity contribution in [2.75, 3.05) is 54.8 Å². The van der Waals surface area contributed by atoms with Gasteiger partial charge in [0, 0.05) is 105 Å². The molecule has 4 aromatic carbocycles. The summed E-state index contributed by atoms with van der Waals surface area (Å²) < 4.78 is 66.1. The lowest BCUT2D eigenvalue weighted by Crippen LogP contribution is -2.69. The van der Waals surface area contributed by atoms with Gasteiger partial charge in [-0.15, -0.1) is 13.2 Å². The van der Waals surface area contributed by atoms with Gasteiger partial charge in [-0.2, -0.15) is 0 Å². The third-order valence-electron chi connectivity index (χ3n) is 15.3. The number of anilines is 3. The predicted molar refractivity (Wildman–Crippen MR) is 265 cm³/mol. The van der Waals surface area contributed by atoms with Crippen LogP contribution in [0.15, 0.2) is 91.1 Å². The fraction of sp³-hybridized carbons (Fsp3) is 0.382. The number of hydrogen-bond donors (Lipinski definition) is 3. The molecule has 0 radical (unpaired) electrons. The van der Waals surface area contributed by atoms with Gasteiger partial charge < -0.3 is 29.9 Å². The van der Waals surface area contributed by atoms with Gasteiger partial charge in [0.05, 0.1) is 11.2 Å². The lowest BCUT2D eigenvalue weighted by molar-refractivity contribution is -0.274. The summed E-state index contributed by atoms with van der Waals surface area (Å²) in [6, 6.07) is 21.8. The molecule has 0 spiro atoms. The van der Waals surface area contributed by atoms with Crippen LogP contribution in [-0.2, 0) is 25.7 Å². The number of amides is 5. The van der Waals surface area contributed by atoms with Gasteiger partial charge in [-0.05, 0) is 129 Å². The number of piperidine rings is 3. The number of pyridine rings is 1. The van der Waals surface area contributed by atoms with Gasteiger partial charge in [-0.25, -0.2) is 4.39 Å². The molecule has 74 heavy (non-hydrogen) atoms. The number of imide groups is 1. The van der Waals surface area contributed by atoms with E-state index in [-0.39, 0.29) is 36.3 Å². The Hall–Kier alpha value is -7.56. The summed E-state index contributed by atoms with van der Waals surface area (Å²) in [5.41, 5.74) is 2.39. The largest absolute Gasteiger partial charge is 0.573 e. The molecular weight excluding hydrogens is 961 g/mol. The van der Waals surface area contributed by atoms with Gasteiger partial charge in [0.1, 0.15) is 28.8 Å². The van der Waals surface area contributed by atoms with Crippen molar-refractivity contribution in [1.29, 1.82) is 0 Å². The van der Waals surface area contributed by atoms with Crippen molar-refractivity contribution in [2.24, 2.45) is 11.3 Å². The minimum Gasteiger partial charge on any atom is -0.457 e. The van der Waals surface area contributed by atoms with Gasteiger partial charge in [-0.3, -0.25) is 44.1 Å². The molecule has 382 valence electrons. The zero-order chi connectivity index (χ0) is 51.3. The zero-order valence-electron chi connectivity index (χ0n) is 40.2. The third-order valence-corrected chi connectivity index (χ3v) is 15.3. The number of rotatable bonds is 13. The van der Waals surface area contributed by atoms with E-state index in [2.05, 4.69) is 47.3 Å². The number of ether oxygens (including phenoxy) is 2. The molecular formula is C55H52F4N8O7. The Balaban J connectivity index is 0.672. The topological polar surface area (TPSA) is 166 Å². The first kappa shape index (κ1) is 48.7. The average molecular weight is 1010 g/mol. The van der Waals surface area contributed by atoms with Gasteiger partial charge in [0.25, 0.3) is 5.91 Å². The van der Waals surface area contributed by atoms with Crippen molar-refractivity contribution >= 4 is 57.5 Å². The third kappa shape index (κ3) is 10.1. The van der Waals surface area contributed by atoms with Crippen molar-refractivity contribution in [2.45, 2.75) is 82.4 Å². The molecule has 3 N–H and O–H groups in total. The van der Waals surface area contributed by atoms with Crippen LogP contribution >= 0.6 is 0 Å². The maximum atomic E-state index is 14.0. The molecule has 1 saturated carbocycles. The highest BCUT2D eigenvalue weighted by Gasteiger charge is 2.56. The number of aromatic nitrogens is 1. The van der Waals surface area contributed by atoms with Gasteiger partial charge in [0.15, 0.2) is 5.75 Å². The highest BCUT2D eigenvalue weighted by Crippen LogP contribution is 2.48. The van der Waals surface area contributed by atoms with E-state index in [1.54, 1.807) is 47.4 Å². The molecule has 3 atom stereocenters. The second-order valence-electron chi connectivity index (χ2n) is 20.0. The highest BCUT2D eigenvalue weighted by atomic mass is 19.4. The van der Waals surface area contributed by atoms with Crippen LogP contribution in [0.1, 0.15) is 72.9 Å². The molecule has 19 heteroatoms. The first-order chi connectivity index (χ1) is 35.7. The molecule has 5 saturated heterocycles. The van der Waals surface area contributed by atoms with Gasteiger partial charge >= 0.3 is 6.36 Å². The number of benzene rings is 4. The van der Waals surface area contributed by atoms with E-state index in [1.165, 1.54) is 36.5 Å². The molecule has 3 unspecified atom stereocenters. The SMILES string of the molecule is O=C1CCC(N2Cc3c(C#CCCN4CC5CC(C4)N5CC4CCN(c5cc6nccc(Oc7ccc(NC(=O)C8(C(=O)Nc9ccc(F)cc9)CC8)cc7)c6cc5OC(F)(F)F)CC4)cccc3C2=O)C(=O)N1. The molecule has 2 bridgehead atoms. The first-order valence-corrected chi connectivity index (χ1v) is 25.0. The standard InChI is InChI=1S/C55H52F4N8O7/c56-35-7-9-36(10-8-35)61-52(71)54(20-21-54)53(72)62-37-11-13-40(14-12-37)73-47-17-22-60-44-28-46(48(27-42(44)47)74-55(57,58)59)65-24-18-33(19-25-65)29-66-38-26-39(66)31-64(30-38)23-2-1-4-34-5-3-6-41-43(34)32-67(51(41)70)45-15-16-49(68)63-50(45)69/h3,5-14,17,22,27-28,33,38-39,45H,2,15-16,18-21,23-26,29-32H2,(H,61,71)(H,62,72)(H,63,68,69). The summed E-state index contributed by atoms with van der Waals surface area (Å²) in [4.78, 5) is 76.7. The number of carbonyl (C=O) groups is 5. The monoisotopic (exact) mass is 1010 g/mol. The summed E-state index contributed by atoms with van der Waals surface area (Å²) >= 11 is 0. The summed E-state index contributed by atoms with van der Waals surface area (Å²) in [7, 11) is 0. The van der Waals surface area contributed by atoms with Crippen LogP contribution in [0, 0.1) is 29.0 Å². The van der Waals surface area contributed by atoms with Crippen LogP contribution in [-0.4, -0.2) is 113 Å². The summed E-state index contributed by atoms with van der Waals surface area (Å²) in [6.07, 6.45) is 1.19. The van der Waals surface area contributed by atoms with E-state index >= 15 is 0 Å². The molecule has 6 fully saturated rings. The smallest absolute Gasteiger partial charge is 0.457 e. The Morgan fingerprint density at radius 1 is 0.865 bits per heavy atom. The average Bonchev–Trinajstić information content (AvgIpc) is 4.14. The van der Waals surface area contributed by atoms with Crippen molar-refractivity contribution in [3.63, 3.8) is 0 Å². The maximum absolute atomic E-state index is 14.0. The summed E-state index contributed by atoms with van der Waals surface area (Å²) in [5.74, 6) is 4.82. The van der Waals surface area contributed by atoms with Crippen molar-refractivity contribution in [3.8, 4) is 29.1 Å². The van der Waals surface area contributed by atoms with E-state index in [9.17, 15) is 41.5 Å². The molecule has 7 heterocycles. The molecule has 15 nitrogen and oxygen atoms in total. The Morgan fingerprint density at radius 2 is 1.57 bits per heavy atom. The predicted octanol–water partition coefficient (Wildman–Crippen LogP) is 7.60. The second kappa shape index (κ2) is 19.7. The van der Waals surface area contributed by atoms with Crippen LogP contribution in [0.4, 0.5) is 34.6 Å². The lowest BCUT2D eigenvalue weighted by atomic mass is 9.84. The van der Waals surface area contributed by atoms with Gasteiger partial charge in [0.2, 0.25) is 23.6 Å². The minimum atomic E-state index is -4.95. The van der Waals surface area contributed by atoms with E-state index < -0.39 is 41.4 Å². The van der Waals surface area contributed by atoms with E-state index in [0.717, 1.165) is 56.6 Å². The molecule has 5 amide bonds. The maximum Gasteiger partial charge on any atom is 0.573 e. The van der Waals surface area contributed by atoms with Crippen LogP contribution in [0.25, 0.3) is 10.9 Å². The molecule has 7 aliphatic rings. The summed E-state index contributed by atoms with van der Waals surface area (Å²) in [6.45, 7) is 5.00. The number of nitrogens with zero attached hydrogens (tertiary/aromatic N) is 5. The number of fused-ring (bicyclic) bond motifs is 4. The Morgan fingerprint density at radius 3 is 2.24 bits per heavy atom. The molecule has 6 aliphatic heterocycles. The van der Waals surface area contributed by atoms with Crippen LogP contribution < -0.4 is 30.3 Å². The van der Waals surface area contributed by atoms with Crippen molar-refractivity contribution in [3.05, 3.63) is 114 Å². The molecule has 5 aromatic rings. The lowest BCUT2D eigenvalue weighted by Gasteiger charge is -2.57. The van der Waals surface area contributed by atoms with E-state index in [1.807, 2.05) is 17.0 Å². The summed E-state index contributed by atoms with van der Waals surface area (Å²) in [5, 5.41) is 8.12. The normalized spacial score (nSPS) is 21.5. The fourth-order valence-corrected chi connectivity index (χ4v) is 11.1.